The number of carboxylic acid groups (broad SMARTS) is 1. The number of carbonyl (C=O) groups excluding carboxylic acids is 2. The molecule has 0 rings (SSSR count). The SMILES string of the molecule is CCCC(NC(=O)CSCC(N)=O)C(=O)O. The Kier molecular flexibility index (Phi) is 7.36. The minimum absolute atomic E-state index is 0.0381. The van der Waals surface area contributed by atoms with Gasteiger partial charge < -0.3 is 16.2 Å². The first-order chi connectivity index (χ1) is 7.47. The summed E-state index contributed by atoms with van der Waals surface area (Å²) in [6.45, 7) is 1.84. The van der Waals surface area contributed by atoms with Gasteiger partial charge in [-0.2, -0.15) is 0 Å². The second-order valence-electron chi connectivity index (χ2n) is 3.21. The minimum atomic E-state index is -1.05. The van der Waals surface area contributed by atoms with Gasteiger partial charge in [0, 0.05) is 0 Å². The Labute approximate surface area is 98.0 Å². The molecule has 0 heterocycles. The highest BCUT2D eigenvalue weighted by atomic mass is 32.2. The Balaban J connectivity index is 3.90. The Bertz CT molecular complexity index is 270. The third-order valence-electron chi connectivity index (χ3n) is 1.69. The van der Waals surface area contributed by atoms with Crippen molar-refractivity contribution < 1.29 is 19.5 Å². The van der Waals surface area contributed by atoms with Gasteiger partial charge >= 0.3 is 5.97 Å². The lowest BCUT2D eigenvalue weighted by molar-refractivity contribution is -0.141. The maximum atomic E-state index is 11.3. The molecule has 0 fully saturated rings. The Hall–Kier alpha value is -1.24. The molecule has 0 saturated carbocycles. The van der Waals surface area contributed by atoms with Gasteiger partial charge in [-0.15, -0.1) is 11.8 Å². The lowest BCUT2D eigenvalue weighted by Gasteiger charge is -2.12. The average Bonchev–Trinajstić information content (AvgIpc) is 2.16. The van der Waals surface area contributed by atoms with E-state index in [4.69, 9.17) is 10.8 Å². The Morgan fingerprint density at radius 3 is 2.44 bits per heavy atom. The molecular formula is C9H16N2O4S. The van der Waals surface area contributed by atoms with Crippen LogP contribution in [-0.2, 0) is 14.4 Å². The summed E-state index contributed by atoms with van der Waals surface area (Å²) in [5.74, 6) is -1.85. The fraction of sp³-hybridized carbons (Fsp3) is 0.667. The molecule has 2 amide bonds. The summed E-state index contributed by atoms with van der Waals surface area (Å²) < 4.78 is 0. The second kappa shape index (κ2) is 7.98. The van der Waals surface area contributed by atoms with Crippen molar-refractivity contribution in [3.05, 3.63) is 0 Å². The van der Waals surface area contributed by atoms with Crippen LogP contribution in [0.4, 0.5) is 0 Å². The first kappa shape index (κ1) is 14.8. The van der Waals surface area contributed by atoms with E-state index in [0.29, 0.717) is 12.8 Å². The van der Waals surface area contributed by atoms with Crippen molar-refractivity contribution in [2.75, 3.05) is 11.5 Å². The van der Waals surface area contributed by atoms with E-state index in [1.807, 2.05) is 6.92 Å². The van der Waals surface area contributed by atoms with Crippen molar-refractivity contribution in [1.82, 2.24) is 5.32 Å². The van der Waals surface area contributed by atoms with Gasteiger partial charge in [0.25, 0.3) is 0 Å². The number of carbonyl (C=O) groups is 3. The van der Waals surface area contributed by atoms with E-state index in [1.54, 1.807) is 0 Å². The Morgan fingerprint density at radius 2 is 2.00 bits per heavy atom. The average molecular weight is 248 g/mol. The van der Waals surface area contributed by atoms with E-state index >= 15 is 0 Å². The van der Waals surface area contributed by atoms with Crippen LogP contribution in [0.3, 0.4) is 0 Å². The van der Waals surface area contributed by atoms with Crippen LogP contribution in [0.5, 0.6) is 0 Å². The molecule has 0 aliphatic rings. The highest BCUT2D eigenvalue weighted by molar-refractivity contribution is 8.00. The number of amides is 2. The predicted molar refractivity (Wildman–Crippen MR) is 61.0 cm³/mol. The van der Waals surface area contributed by atoms with Gasteiger partial charge in [-0.3, -0.25) is 9.59 Å². The monoisotopic (exact) mass is 248 g/mol. The van der Waals surface area contributed by atoms with Crippen LogP contribution in [-0.4, -0.2) is 40.4 Å². The smallest absolute Gasteiger partial charge is 0.326 e. The number of hydrogen-bond acceptors (Lipinski definition) is 4. The largest absolute Gasteiger partial charge is 0.480 e. The zero-order chi connectivity index (χ0) is 12.6. The molecule has 0 aliphatic heterocycles. The predicted octanol–water partition coefficient (Wildman–Crippen LogP) is -0.426. The van der Waals surface area contributed by atoms with Crippen molar-refractivity contribution in [2.24, 2.45) is 5.73 Å². The number of carboxylic acids is 1. The molecule has 0 aromatic rings. The number of primary amides is 1. The maximum Gasteiger partial charge on any atom is 0.326 e. The number of rotatable bonds is 8. The quantitative estimate of drug-likeness (QED) is 0.540. The molecule has 0 spiro atoms. The standard InChI is InChI=1S/C9H16N2O4S/c1-2-3-6(9(14)15)11-8(13)5-16-4-7(10)12/h6H,2-5H2,1H3,(H2,10,12)(H,11,13)(H,14,15). The van der Waals surface area contributed by atoms with Gasteiger partial charge in [0.05, 0.1) is 11.5 Å². The molecule has 6 nitrogen and oxygen atoms in total. The van der Waals surface area contributed by atoms with E-state index in [0.717, 1.165) is 11.8 Å². The zero-order valence-electron chi connectivity index (χ0n) is 9.06. The molecule has 0 aliphatic carbocycles. The van der Waals surface area contributed by atoms with Gasteiger partial charge in [0.1, 0.15) is 6.04 Å². The lowest BCUT2D eigenvalue weighted by atomic mass is 10.2. The number of nitrogens with two attached hydrogens (primary N) is 1. The fourth-order valence-corrected chi connectivity index (χ4v) is 1.60. The fourth-order valence-electron chi connectivity index (χ4n) is 1.03. The lowest BCUT2D eigenvalue weighted by Crippen LogP contribution is -2.41. The van der Waals surface area contributed by atoms with Crippen LogP contribution in [0.15, 0.2) is 0 Å². The van der Waals surface area contributed by atoms with Crippen LogP contribution in [0.2, 0.25) is 0 Å². The second-order valence-corrected chi connectivity index (χ2v) is 4.19. The number of nitrogens with one attached hydrogen (secondary N) is 1. The molecule has 16 heavy (non-hydrogen) atoms. The normalized spacial score (nSPS) is 11.8. The number of thioether (sulfide) groups is 1. The van der Waals surface area contributed by atoms with E-state index in [-0.39, 0.29) is 11.5 Å². The topological polar surface area (TPSA) is 109 Å². The molecule has 1 atom stereocenters. The van der Waals surface area contributed by atoms with E-state index in [1.165, 1.54) is 0 Å². The summed E-state index contributed by atoms with van der Waals surface area (Å²) in [7, 11) is 0. The molecule has 0 saturated heterocycles. The maximum absolute atomic E-state index is 11.3. The minimum Gasteiger partial charge on any atom is -0.480 e. The van der Waals surface area contributed by atoms with Gasteiger partial charge in [0.2, 0.25) is 11.8 Å². The van der Waals surface area contributed by atoms with Gasteiger partial charge in [0.15, 0.2) is 0 Å². The van der Waals surface area contributed by atoms with Crippen LogP contribution in [0.25, 0.3) is 0 Å². The number of hydrogen-bond donors (Lipinski definition) is 3. The molecule has 92 valence electrons. The highest BCUT2D eigenvalue weighted by Crippen LogP contribution is 2.01. The van der Waals surface area contributed by atoms with E-state index in [9.17, 15) is 14.4 Å². The summed E-state index contributed by atoms with van der Waals surface area (Å²) >= 11 is 1.06. The van der Waals surface area contributed by atoms with Crippen LogP contribution < -0.4 is 11.1 Å². The van der Waals surface area contributed by atoms with Gasteiger partial charge in [-0.1, -0.05) is 13.3 Å². The van der Waals surface area contributed by atoms with Crippen molar-refractivity contribution in [2.45, 2.75) is 25.8 Å². The summed E-state index contributed by atoms with van der Waals surface area (Å²) in [4.78, 5) is 32.4. The third-order valence-corrected chi connectivity index (χ3v) is 2.64. The summed E-state index contributed by atoms with van der Waals surface area (Å²) in [6.07, 6.45) is 1.06. The molecule has 7 heteroatoms. The Morgan fingerprint density at radius 1 is 1.38 bits per heavy atom. The van der Waals surface area contributed by atoms with Crippen LogP contribution in [0, 0.1) is 0 Å². The third kappa shape index (κ3) is 7.10. The van der Waals surface area contributed by atoms with Crippen molar-refractivity contribution in [3.63, 3.8) is 0 Å². The molecule has 0 radical (unpaired) electrons. The van der Waals surface area contributed by atoms with Crippen molar-refractivity contribution >= 4 is 29.5 Å². The first-order valence-electron chi connectivity index (χ1n) is 4.85. The van der Waals surface area contributed by atoms with Gasteiger partial charge in [-0.05, 0) is 6.42 Å². The van der Waals surface area contributed by atoms with Gasteiger partial charge in [-0.25, -0.2) is 4.79 Å². The summed E-state index contributed by atoms with van der Waals surface area (Å²) in [6, 6.07) is -0.855. The van der Waals surface area contributed by atoms with Crippen molar-refractivity contribution in [3.8, 4) is 0 Å². The van der Waals surface area contributed by atoms with E-state index < -0.39 is 23.8 Å². The molecule has 0 bridgehead atoms. The van der Waals surface area contributed by atoms with E-state index in [2.05, 4.69) is 5.32 Å². The first-order valence-corrected chi connectivity index (χ1v) is 6.01. The van der Waals surface area contributed by atoms with Crippen LogP contribution >= 0.6 is 11.8 Å². The number of aliphatic carboxylic acids is 1. The molecule has 4 N–H and O–H groups in total. The summed E-state index contributed by atoms with van der Waals surface area (Å²) in [5.41, 5.74) is 4.89. The molecular weight excluding hydrogens is 232 g/mol. The summed E-state index contributed by atoms with van der Waals surface area (Å²) in [5, 5.41) is 11.2. The zero-order valence-corrected chi connectivity index (χ0v) is 9.88. The highest BCUT2D eigenvalue weighted by Gasteiger charge is 2.18. The molecule has 1 unspecified atom stereocenters. The molecule has 0 aromatic carbocycles. The van der Waals surface area contributed by atoms with Crippen molar-refractivity contribution in [1.29, 1.82) is 0 Å². The van der Waals surface area contributed by atoms with Crippen LogP contribution in [0.1, 0.15) is 19.8 Å². The molecule has 0 aromatic heterocycles.